The summed E-state index contributed by atoms with van der Waals surface area (Å²) in [4.78, 5) is 81.1. The maximum atomic E-state index is 14.2. The molecule has 0 aromatic carbocycles. The van der Waals surface area contributed by atoms with Crippen LogP contribution in [0.15, 0.2) is 0 Å². The van der Waals surface area contributed by atoms with Crippen LogP contribution in [0.4, 0.5) is 0 Å². The average Bonchev–Trinajstić information content (AvgIpc) is 3.43. The van der Waals surface area contributed by atoms with Crippen molar-refractivity contribution in [3.05, 3.63) is 0 Å². The summed E-state index contributed by atoms with van der Waals surface area (Å²) in [5.41, 5.74) is -8.28. The van der Waals surface area contributed by atoms with E-state index in [4.69, 9.17) is 33.2 Å². The van der Waals surface area contributed by atoms with Crippen LogP contribution < -0.4 is 0 Å². The lowest BCUT2D eigenvalue weighted by molar-refractivity contribution is -0.302. The zero-order chi connectivity index (χ0) is 45.9. The van der Waals surface area contributed by atoms with Crippen molar-refractivity contribution in [2.24, 2.45) is 46.8 Å². The summed E-state index contributed by atoms with van der Waals surface area (Å²) in [7, 11) is 0. The molecule has 348 valence electrons. The molecule has 17 nitrogen and oxygen atoms in total. The van der Waals surface area contributed by atoms with Gasteiger partial charge in [0.2, 0.25) is 11.4 Å². The maximum absolute atomic E-state index is 14.2. The molecule has 4 aliphatic carbocycles. The van der Waals surface area contributed by atoms with Crippen LogP contribution in [0.25, 0.3) is 0 Å². The van der Waals surface area contributed by atoms with Crippen molar-refractivity contribution in [2.75, 3.05) is 13.1 Å². The minimum absolute atomic E-state index is 0.0477. The molecular formula is C45H67NO16. The first kappa shape index (κ1) is 46.6. The quantitative estimate of drug-likeness (QED) is 0.212. The lowest BCUT2D eigenvalue weighted by Crippen LogP contribution is -2.77. The molecule has 62 heavy (non-hydrogen) atoms. The molecule has 3 N–H and O–H groups in total. The minimum atomic E-state index is -2.26. The zero-order valence-corrected chi connectivity index (χ0v) is 38.0. The topological polar surface area (TPSA) is 231 Å². The average molecular weight is 878 g/mol. The summed E-state index contributed by atoms with van der Waals surface area (Å²) in [6, 6.07) is -0.327. The SMILES string of the molecule is CC[C@H](C)C(=O)O[C@H]1[C@H](OC(C)=O)[C@@H]2[C@H](CN3C[C@H](C)CC[C@H]3[C@@]2(C)O)[C@@H]2C[C@]34O[C@]5(O)[C@H](OC(=O)[C@](C)(OC(C)=O)[C@H](C)OC(C)=O)CC[C@@]3(C)[C@H]5C[C@@H](OC(C)=O)[C@@H]4[C@@]21O. The van der Waals surface area contributed by atoms with Crippen molar-refractivity contribution in [3.8, 4) is 0 Å². The van der Waals surface area contributed by atoms with Crippen LogP contribution in [-0.4, -0.2) is 134 Å². The Labute approximate surface area is 363 Å². The van der Waals surface area contributed by atoms with E-state index in [-0.39, 0.29) is 31.7 Å². The molecule has 19 atom stereocenters. The minimum Gasteiger partial charge on any atom is -0.462 e. The molecule has 17 heteroatoms. The molecule has 7 aliphatic rings. The molecule has 4 saturated carbocycles. The Hall–Kier alpha value is -3.38. The van der Waals surface area contributed by atoms with Gasteiger partial charge in [-0.05, 0) is 83.5 Å². The fraction of sp³-hybridized carbons (Fsp3) is 0.867. The highest BCUT2D eigenvalue weighted by molar-refractivity contribution is 5.84. The van der Waals surface area contributed by atoms with Gasteiger partial charge in [-0.1, -0.05) is 27.7 Å². The van der Waals surface area contributed by atoms with E-state index in [2.05, 4.69) is 11.8 Å². The van der Waals surface area contributed by atoms with Gasteiger partial charge in [0.05, 0.1) is 23.0 Å². The highest BCUT2D eigenvalue weighted by Gasteiger charge is 2.88. The van der Waals surface area contributed by atoms with Crippen LogP contribution in [0, 0.1) is 46.8 Å². The zero-order valence-electron chi connectivity index (χ0n) is 38.0. The number of esters is 6. The van der Waals surface area contributed by atoms with Gasteiger partial charge < -0.3 is 48.5 Å². The van der Waals surface area contributed by atoms with E-state index >= 15 is 0 Å². The van der Waals surface area contributed by atoms with E-state index < -0.39 is 135 Å². The molecule has 0 radical (unpaired) electrons. The Morgan fingerprint density at radius 3 is 2.13 bits per heavy atom. The van der Waals surface area contributed by atoms with E-state index in [9.17, 15) is 44.1 Å². The van der Waals surface area contributed by atoms with E-state index in [0.717, 1.165) is 20.3 Å². The van der Waals surface area contributed by atoms with E-state index in [0.29, 0.717) is 31.8 Å². The van der Waals surface area contributed by atoms with Gasteiger partial charge in [-0.25, -0.2) is 4.79 Å². The predicted molar refractivity (Wildman–Crippen MR) is 214 cm³/mol. The van der Waals surface area contributed by atoms with Crippen molar-refractivity contribution in [3.63, 3.8) is 0 Å². The molecule has 0 unspecified atom stereocenters. The molecule has 4 bridgehead atoms. The molecular weight excluding hydrogens is 810 g/mol. The maximum Gasteiger partial charge on any atom is 0.354 e. The van der Waals surface area contributed by atoms with Gasteiger partial charge in [0, 0.05) is 64.1 Å². The van der Waals surface area contributed by atoms with Crippen molar-refractivity contribution < 1.29 is 77.2 Å². The van der Waals surface area contributed by atoms with Gasteiger partial charge in [-0.2, -0.15) is 0 Å². The molecule has 0 aromatic heterocycles. The van der Waals surface area contributed by atoms with Crippen molar-refractivity contribution in [2.45, 2.75) is 186 Å². The Kier molecular flexibility index (Phi) is 11.8. The van der Waals surface area contributed by atoms with Gasteiger partial charge in [-0.15, -0.1) is 0 Å². The number of rotatable bonds is 10. The van der Waals surface area contributed by atoms with Crippen molar-refractivity contribution in [1.82, 2.24) is 4.90 Å². The third-order valence-corrected chi connectivity index (χ3v) is 16.7. The highest BCUT2D eigenvalue weighted by atomic mass is 16.7. The highest BCUT2D eigenvalue weighted by Crippen LogP contribution is 2.78. The third kappa shape index (κ3) is 6.79. The number of carbonyl (C=O) groups is 6. The van der Waals surface area contributed by atoms with Crippen LogP contribution in [0.1, 0.15) is 121 Å². The van der Waals surface area contributed by atoms with E-state index in [1.54, 1.807) is 13.8 Å². The van der Waals surface area contributed by atoms with Gasteiger partial charge in [-0.3, -0.25) is 28.9 Å². The Morgan fingerprint density at radius 1 is 0.871 bits per heavy atom. The summed E-state index contributed by atoms with van der Waals surface area (Å²) in [6.07, 6.45) is -4.49. The van der Waals surface area contributed by atoms with E-state index in [1.807, 2.05) is 13.8 Å². The normalized spacial score (nSPS) is 45.9. The third-order valence-electron chi connectivity index (χ3n) is 16.7. The summed E-state index contributed by atoms with van der Waals surface area (Å²) in [5.74, 6) is -11.6. The Balaban J connectivity index is 1.39. The van der Waals surface area contributed by atoms with Crippen molar-refractivity contribution >= 4 is 35.8 Å². The summed E-state index contributed by atoms with van der Waals surface area (Å²) in [5, 5.41) is 40.0. The van der Waals surface area contributed by atoms with Gasteiger partial charge in [0.1, 0.15) is 23.9 Å². The number of ether oxygens (including phenoxy) is 7. The molecule has 1 spiro atoms. The second-order valence-corrected chi connectivity index (χ2v) is 20.5. The summed E-state index contributed by atoms with van der Waals surface area (Å²) >= 11 is 0. The van der Waals surface area contributed by atoms with E-state index in [1.165, 1.54) is 27.7 Å². The van der Waals surface area contributed by atoms with Gasteiger partial charge in [0.15, 0.2) is 12.2 Å². The molecule has 7 fully saturated rings. The molecule has 3 saturated heterocycles. The van der Waals surface area contributed by atoms with Crippen LogP contribution in [-0.2, 0) is 61.9 Å². The van der Waals surface area contributed by atoms with Gasteiger partial charge in [0.25, 0.3) is 0 Å². The molecule has 0 amide bonds. The fourth-order valence-corrected chi connectivity index (χ4v) is 13.9. The number of hydrogen-bond acceptors (Lipinski definition) is 17. The second-order valence-electron chi connectivity index (χ2n) is 20.5. The van der Waals surface area contributed by atoms with Crippen molar-refractivity contribution in [1.29, 1.82) is 0 Å². The van der Waals surface area contributed by atoms with Crippen LogP contribution in [0.2, 0.25) is 0 Å². The molecule has 3 aliphatic heterocycles. The van der Waals surface area contributed by atoms with Gasteiger partial charge >= 0.3 is 35.8 Å². The molecule has 0 aromatic rings. The summed E-state index contributed by atoms with van der Waals surface area (Å²) < 4.78 is 42.7. The smallest absolute Gasteiger partial charge is 0.354 e. The second kappa shape index (κ2) is 15.7. The first-order chi connectivity index (χ1) is 28.7. The number of fused-ring (bicyclic) bond motifs is 5. The number of piperidine rings is 2. The van der Waals surface area contributed by atoms with Crippen LogP contribution in [0.5, 0.6) is 0 Å². The Morgan fingerprint density at radius 2 is 1.53 bits per heavy atom. The lowest BCUT2D eigenvalue weighted by atomic mass is 9.49. The first-order valence-electron chi connectivity index (χ1n) is 22.5. The molecule has 3 heterocycles. The fourth-order valence-electron chi connectivity index (χ4n) is 13.9. The summed E-state index contributed by atoms with van der Waals surface area (Å²) in [6.45, 7) is 17.7. The Bertz CT molecular complexity index is 1860. The lowest BCUT2D eigenvalue weighted by Gasteiger charge is -2.64. The molecule has 7 rings (SSSR count). The number of hydrogen-bond donors (Lipinski definition) is 3. The number of carbonyl (C=O) groups excluding carboxylic acids is 6. The monoisotopic (exact) mass is 877 g/mol. The number of nitrogens with zero attached hydrogens (tertiary/aromatic N) is 1. The van der Waals surface area contributed by atoms with Crippen LogP contribution in [0.3, 0.4) is 0 Å². The predicted octanol–water partition coefficient (Wildman–Crippen LogP) is 2.75. The largest absolute Gasteiger partial charge is 0.462 e. The standard InChI is InChI=1S/C45H67NO16/c1-12-22(3)38(51)60-37-35(58-26(7)49)34-28(20-46-19-21(2)13-14-32(46)41(34,10)53)29-18-43-36(44(29,37)54)30(57-25(6)48)17-31-40(43,9)16-15-33(45(31,55)62-43)59-39(52)42(11,61-27(8)50)23(4)56-24(5)47/h21-23,28-37,53-55H,12-20H2,1-11H3/t21-,22+,23+,28-,29+,30-,31-,32+,33-,34+,35-,36+,37+,40+,41-,42-,43-,44+,45+/m1/s1. The first-order valence-corrected chi connectivity index (χ1v) is 22.5. The van der Waals surface area contributed by atoms with Crippen LogP contribution >= 0.6 is 0 Å². The number of aliphatic hydroxyl groups is 3.